The number of alkyl halides is 3. The Hall–Kier alpha value is -2.99. The minimum Gasteiger partial charge on any atom is -0.305 e. The smallest absolute Gasteiger partial charge is 0.305 e. The third-order valence-corrected chi connectivity index (χ3v) is 5.39. The predicted octanol–water partition coefficient (Wildman–Crippen LogP) is 4.74. The van der Waals surface area contributed by atoms with Crippen LogP contribution in [-0.4, -0.2) is 21.7 Å². The molecule has 1 aromatic heterocycles. The zero-order valence-corrected chi connectivity index (χ0v) is 18.4. The highest BCUT2D eigenvalue weighted by atomic mass is 79.9. The minimum atomic E-state index is -4.59. The van der Waals surface area contributed by atoms with E-state index in [-0.39, 0.29) is 21.4 Å². The first-order valence-electron chi connectivity index (χ1n) is 8.40. The van der Waals surface area contributed by atoms with Gasteiger partial charge < -0.3 is 5.32 Å². The maximum absolute atomic E-state index is 12.9. The molecule has 3 aromatic rings. The second kappa shape index (κ2) is 9.02. The van der Waals surface area contributed by atoms with Gasteiger partial charge in [0.2, 0.25) is 0 Å². The number of amides is 3. The van der Waals surface area contributed by atoms with Crippen LogP contribution in [0.5, 0.6) is 0 Å². The number of anilines is 1. The van der Waals surface area contributed by atoms with Gasteiger partial charge in [-0.05, 0) is 62.2 Å². The Balaban J connectivity index is 1.81. The number of rotatable bonds is 3. The number of imide groups is 1. The van der Waals surface area contributed by atoms with Gasteiger partial charge in [0.15, 0.2) is 0 Å². The quantitative estimate of drug-likeness (QED) is 0.485. The summed E-state index contributed by atoms with van der Waals surface area (Å²) in [6.07, 6.45) is -3.52. The largest absolute Gasteiger partial charge is 0.416 e. The molecule has 0 fully saturated rings. The molecular weight excluding hydrogens is 549 g/mol. The standard InChI is InChI=1S/C19H11Br2F3N4O3/c20-13-7-2-1-6-12(13)16(29)27-18(31)26-14-9-25-28(17(30)15(14)21)11-5-3-4-10(8-11)19(22,23)24/h1-9H,(H2,26,27,29,31). The van der Waals surface area contributed by atoms with E-state index in [0.717, 1.165) is 29.1 Å². The van der Waals surface area contributed by atoms with Crippen molar-refractivity contribution in [1.29, 1.82) is 0 Å². The van der Waals surface area contributed by atoms with Crippen molar-refractivity contribution in [3.8, 4) is 5.69 Å². The van der Waals surface area contributed by atoms with E-state index in [4.69, 9.17) is 0 Å². The molecular formula is C19H11Br2F3N4O3. The summed E-state index contributed by atoms with van der Waals surface area (Å²) in [4.78, 5) is 36.9. The molecule has 3 rings (SSSR count). The third-order valence-electron chi connectivity index (χ3n) is 3.93. The van der Waals surface area contributed by atoms with E-state index in [1.807, 2.05) is 0 Å². The highest BCUT2D eigenvalue weighted by Crippen LogP contribution is 2.30. The average Bonchev–Trinajstić information content (AvgIpc) is 2.71. The van der Waals surface area contributed by atoms with Crippen LogP contribution in [0.1, 0.15) is 15.9 Å². The highest BCUT2D eigenvalue weighted by Gasteiger charge is 2.30. The van der Waals surface area contributed by atoms with Crippen molar-refractivity contribution in [2.24, 2.45) is 0 Å². The lowest BCUT2D eigenvalue weighted by molar-refractivity contribution is -0.137. The molecule has 3 amide bonds. The lowest BCUT2D eigenvalue weighted by Crippen LogP contribution is -2.35. The molecule has 160 valence electrons. The normalized spacial score (nSPS) is 11.1. The first-order valence-corrected chi connectivity index (χ1v) is 9.99. The first-order chi connectivity index (χ1) is 14.6. The molecule has 31 heavy (non-hydrogen) atoms. The fourth-order valence-corrected chi connectivity index (χ4v) is 3.32. The maximum atomic E-state index is 12.9. The summed E-state index contributed by atoms with van der Waals surface area (Å²) in [6.45, 7) is 0. The number of urea groups is 1. The van der Waals surface area contributed by atoms with Gasteiger partial charge in [0.05, 0.1) is 28.7 Å². The van der Waals surface area contributed by atoms with Crippen molar-refractivity contribution in [2.75, 3.05) is 5.32 Å². The fraction of sp³-hybridized carbons (Fsp3) is 0.0526. The Morgan fingerprint density at radius 3 is 2.42 bits per heavy atom. The Labute approximate surface area is 189 Å². The number of hydrogen-bond acceptors (Lipinski definition) is 4. The van der Waals surface area contributed by atoms with E-state index < -0.39 is 29.2 Å². The van der Waals surface area contributed by atoms with Crippen molar-refractivity contribution in [3.05, 3.63) is 85.2 Å². The Morgan fingerprint density at radius 2 is 1.74 bits per heavy atom. The van der Waals surface area contributed by atoms with E-state index in [1.165, 1.54) is 12.1 Å². The number of nitrogens with one attached hydrogen (secondary N) is 2. The summed E-state index contributed by atoms with van der Waals surface area (Å²) >= 11 is 6.20. The van der Waals surface area contributed by atoms with Crippen LogP contribution in [0.25, 0.3) is 5.69 Å². The SMILES string of the molecule is O=C(NC(=O)c1ccccc1Br)Nc1cnn(-c2cccc(C(F)(F)F)c2)c(=O)c1Br. The molecule has 0 saturated carbocycles. The summed E-state index contributed by atoms with van der Waals surface area (Å²) in [5.41, 5.74) is -1.72. The number of carbonyl (C=O) groups is 2. The topological polar surface area (TPSA) is 93.1 Å². The summed E-state index contributed by atoms with van der Waals surface area (Å²) < 4.78 is 39.8. The monoisotopic (exact) mass is 558 g/mol. The Morgan fingerprint density at radius 1 is 1.03 bits per heavy atom. The van der Waals surface area contributed by atoms with Gasteiger partial charge in [-0.3, -0.25) is 14.9 Å². The molecule has 2 N–H and O–H groups in total. The van der Waals surface area contributed by atoms with E-state index in [9.17, 15) is 27.6 Å². The minimum absolute atomic E-state index is 0.0781. The van der Waals surface area contributed by atoms with Crippen molar-refractivity contribution < 1.29 is 22.8 Å². The fourth-order valence-electron chi connectivity index (χ4n) is 2.49. The van der Waals surface area contributed by atoms with Gasteiger partial charge in [-0.25, -0.2) is 4.79 Å². The predicted molar refractivity (Wildman–Crippen MR) is 113 cm³/mol. The molecule has 0 bridgehead atoms. The molecule has 1 heterocycles. The second-order valence-electron chi connectivity index (χ2n) is 6.03. The lowest BCUT2D eigenvalue weighted by Gasteiger charge is -2.12. The summed E-state index contributed by atoms with van der Waals surface area (Å²) in [7, 11) is 0. The highest BCUT2D eigenvalue weighted by molar-refractivity contribution is 9.10. The van der Waals surface area contributed by atoms with E-state index >= 15 is 0 Å². The van der Waals surface area contributed by atoms with Crippen LogP contribution in [0.4, 0.5) is 23.7 Å². The molecule has 0 saturated heterocycles. The van der Waals surface area contributed by atoms with Crippen LogP contribution in [0.15, 0.2) is 68.5 Å². The van der Waals surface area contributed by atoms with Gasteiger partial charge in [-0.2, -0.15) is 23.0 Å². The number of nitrogens with zero attached hydrogens (tertiary/aromatic N) is 2. The van der Waals surface area contributed by atoms with Crippen LogP contribution in [0.2, 0.25) is 0 Å². The van der Waals surface area contributed by atoms with Gasteiger partial charge in [0.1, 0.15) is 4.47 Å². The maximum Gasteiger partial charge on any atom is 0.416 e. The molecule has 0 atom stereocenters. The molecule has 2 aromatic carbocycles. The van der Waals surface area contributed by atoms with Gasteiger partial charge in [-0.15, -0.1) is 0 Å². The molecule has 7 nitrogen and oxygen atoms in total. The van der Waals surface area contributed by atoms with Crippen LogP contribution in [0.3, 0.4) is 0 Å². The Bertz CT molecular complexity index is 1230. The molecule has 0 aliphatic heterocycles. The number of aromatic nitrogens is 2. The number of hydrogen-bond donors (Lipinski definition) is 2. The molecule has 0 aliphatic carbocycles. The summed E-state index contributed by atoms with van der Waals surface area (Å²) in [5, 5.41) is 8.21. The van der Waals surface area contributed by atoms with E-state index in [0.29, 0.717) is 4.47 Å². The van der Waals surface area contributed by atoms with Crippen LogP contribution < -0.4 is 16.2 Å². The van der Waals surface area contributed by atoms with Gasteiger partial charge in [-0.1, -0.05) is 18.2 Å². The van der Waals surface area contributed by atoms with Crippen molar-refractivity contribution in [2.45, 2.75) is 6.18 Å². The van der Waals surface area contributed by atoms with Crippen LogP contribution in [0, 0.1) is 0 Å². The molecule has 0 aliphatic rings. The molecule has 0 unspecified atom stereocenters. The van der Waals surface area contributed by atoms with Gasteiger partial charge in [0, 0.05) is 4.47 Å². The number of benzene rings is 2. The first kappa shape index (κ1) is 22.7. The van der Waals surface area contributed by atoms with Crippen LogP contribution in [-0.2, 0) is 6.18 Å². The average molecular weight is 560 g/mol. The zero-order valence-electron chi connectivity index (χ0n) is 15.2. The Kier molecular flexibility index (Phi) is 6.60. The number of halogens is 5. The third kappa shape index (κ3) is 5.20. The van der Waals surface area contributed by atoms with Crippen molar-refractivity contribution >= 4 is 49.5 Å². The van der Waals surface area contributed by atoms with E-state index in [1.54, 1.807) is 18.2 Å². The second-order valence-corrected chi connectivity index (χ2v) is 7.67. The van der Waals surface area contributed by atoms with Crippen molar-refractivity contribution in [1.82, 2.24) is 15.1 Å². The van der Waals surface area contributed by atoms with Gasteiger partial charge >= 0.3 is 12.2 Å². The molecule has 0 radical (unpaired) electrons. The number of carbonyl (C=O) groups excluding carboxylic acids is 2. The zero-order chi connectivity index (χ0) is 22.8. The molecule has 0 spiro atoms. The lowest BCUT2D eigenvalue weighted by atomic mass is 10.2. The van der Waals surface area contributed by atoms with Crippen LogP contribution >= 0.6 is 31.9 Å². The summed E-state index contributed by atoms with van der Waals surface area (Å²) in [6, 6.07) is 9.58. The van der Waals surface area contributed by atoms with Gasteiger partial charge in [0.25, 0.3) is 11.5 Å². The van der Waals surface area contributed by atoms with Crippen molar-refractivity contribution in [3.63, 3.8) is 0 Å². The molecule has 12 heteroatoms. The van der Waals surface area contributed by atoms with E-state index in [2.05, 4.69) is 47.6 Å². The summed E-state index contributed by atoms with van der Waals surface area (Å²) in [5.74, 6) is -0.689.